The molecule has 406 valence electrons. The quantitative estimate of drug-likeness (QED) is 0.0173. The highest BCUT2D eigenvalue weighted by atomic mass is 16.6. The van der Waals surface area contributed by atoms with E-state index in [1.807, 2.05) is 27.7 Å². The van der Waals surface area contributed by atoms with Gasteiger partial charge in [0.15, 0.2) is 0 Å². The highest BCUT2D eigenvalue weighted by Gasteiger charge is 2.23. The Hall–Kier alpha value is -7.12. The molecule has 0 aliphatic carbocycles. The average Bonchev–Trinajstić information content (AvgIpc) is 3.40. The van der Waals surface area contributed by atoms with Gasteiger partial charge in [0.25, 0.3) is 23.6 Å². The van der Waals surface area contributed by atoms with E-state index < -0.39 is 35.6 Å². The Kier molecular flexibility index (Phi) is 28.6. The van der Waals surface area contributed by atoms with E-state index in [9.17, 15) is 38.4 Å². The number of esters is 4. The lowest BCUT2D eigenvalue weighted by atomic mass is 9.95. The van der Waals surface area contributed by atoms with Gasteiger partial charge in [-0.2, -0.15) is 15.3 Å². The second kappa shape index (κ2) is 33.6. The number of carbonyl (C=O) groups excluding carboxylic acids is 8. The van der Waals surface area contributed by atoms with Crippen molar-refractivity contribution in [1.29, 1.82) is 0 Å². The van der Waals surface area contributed by atoms with E-state index in [0.29, 0.717) is 35.5 Å². The SMILES string of the molecule is CCC(C)(CC)N=C(C)CCC(=O)OCCCOC(=O)CCC(C)=NNC(=O)c1cccc(C(=O)NN=C(C)CCC(=O)OCCCOC(=O)CCC(C)=NNC(=O)c2cccc(C(=O)NC(C)(CC)CC)c2)c1. The van der Waals surface area contributed by atoms with Gasteiger partial charge in [-0.3, -0.25) is 43.3 Å². The summed E-state index contributed by atoms with van der Waals surface area (Å²) in [5, 5.41) is 15.2. The molecule has 0 heterocycles. The zero-order valence-electron chi connectivity index (χ0n) is 45.0. The zero-order chi connectivity index (χ0) is 55.1. The van der Waals surface area contributed by atoms with Crippen LogP contribution in [-0.2, 0) is 38.1 Å². The van der Waals surface area contributed by atoms with Crippen LogP contribution in [0.3, 0.4) is 0 Å². The number of amides is 4. The maximum Gasteiger partial charge on any atom is 0.306 e. The van der Waals surface area contributed by atoms with E-state index >= 15 is 0 Å². The summed E-state index contributed by atoms with van der Waals surface area (Å²) in [6, 6.07) is 12.2. The number of hydrogen-bond donors (Lipinski definition) is 4. The number of benzene rings is 2. The number of hydrogen-bond acceptors (Lipinski definition) is 16. The summed E-state index contributed by atoms with van der Waals surface area (Å²) in [5.41, 5.74) is 10.1. The highest BCUT2D eigenvalue weighted by Crippen LogP contribution is 2.20. The van der Waals surface area contributed by atoms with Crippen molar-refractivity contribution in [2.45, 2.75) is 170 Å². The number of nitrogens with zero attached hydrogens (tertiary/aromatic N) is 4. The predicted molar refractivity (Wildman–Crippen MR) is 283 cm³/mol. The fourth-order valence-corrected chi connectivity index (χ4v) is 6.38. The smallest absolute Gasteiger partial charge is 0.306 e. The molecule has 0 spiro atoms. The molecule has 0 unspecified atom stereocenters. The molecule has 0 saturated heterocycles. The molecule has 20 nitrogen and oxygen atoms in total. The first-order chi connectivity index (χ1) is 35.1. The largest absolute Gasteiger partial charge is 0.466 e. The minimum absolute atomic E-state index is 0.0110. The zero-order valence-corrected chi connectivity index (χ0v) is 45.0. The van der Waals surface area contributed by atoms with Gasteiger partial charge >= 0.3 is 23.9 Å². The van der Waals surface area contributed by atoms with Crippen LogP contribution in [0.1, 0.15) is 201 Å². The molecule has 2 rings (SSSR count). The van der Waals surface area contributed by atoms with Crippen molar-refractivity contribution in [3.8, 4) is 0 Å². The summed E-state index contributed by atoms with van der Waals surface area (Å²) >= 11 is 0. The van der Waals surface area contributed by atoms with E-state index in [1.165, 1.54) is 30.3 Å². The lowest BCUT2D eigenvalue weighted by Crippen LogP contribution is -2.45. The molecule has 0 fully saturated rings. The number of carbonyl (C=O) groups is 8. The van der Waals surface area contributed by atoms with E-state index in [4.69, 9.17) is 23.9 Å². The highest BCUT2D eigenvalue weighted by molar-refractivity contribution is 6.01. The number of nitrogens with one attached hydrogen (secondary N) is 4. The fourth-order valence-electron chi connectivity index (χ4n) is 6.38. The van der Waals surface area contributed by atoms with Crippen LogP contribution in [0, 0.1) is 0 Å². The molecule has 4 amide bonds. The van der Waals surface area contributed by atoms with E-state index in [0.717, 1.165) is 31.4 Å². The number of aliphatic imine (C=N–C) groups is 1. The van der Waals surface area contributed by atoms with Crippen molar-refractivity contribution >= 4 is 70.4 Å². The van der Waals surface area contributed by atoms with Gasteiger partial charge in [-0.15, -0.1) is 0 Å². The standard InChI is InChI=1S/C54H78N8O12/c1-11-53(9,12-2)55-37(5)23-27-45(63)71-31-17-32-72-46(64)29-25-39(7)58-61-51(69)43-21-16-22-44(36-43)52(70)62-59-40(8)26-30-48(66)74-34-18-33-73-47(65)28-24-38(6)57-60-50(68)42-20-15-19-41(35-42)49(67)56-54(10,13-3)14-4/h15-16,19-22,35-36H,11-14,17-18,23-34H2,1-10H3,(H,56,67)(H,60,68)(H,61,69)(H,62,70). The number of hydrazone groups is 3. The molecule has 0 aliphatic heterocycles. The lowest BCUT2D eigenvalue weighted by molar-refractivity contribution is -0.147. The fraction of sp³-hybridized carbons (Fsp3) is 0.556. The predicted octanol–water partition coefficient (Wildman–Crippen LogP) is 8.13. The summed E-state index contributed by atoms with van der Waals surface area (Å²) in [4.78, 5) is 105. The van der Waals surface area contributed by atoms with Crippen LogP contribution in [0.5, 0.6) is 0 Å². The van der Waals surface area contributed by atoms with E-state index in [1.54, 1.807) is 39.0 Å². The van der Waals surface area contributed by atoms with Crippen molar-refractivity contribution in [2.24, 2.45) is 20.3 Å². The van der Waals surface area contributed by atoms with Gasteiger partial charge in [-0.05, 0) is 129 Å². The lowest BCUT2D eigenvalue weighted by Gasteiger charge is -2.28. The Balaban J connectivity index is 1.62. The second-order valence-corrected chi connectivity index (χ2v) is 18.4. The second-order valence-electron chi connectivity index (χ2n) is 18.4. The molecule has 0 aromatic heterocycles. The van der Waals surface area contributed by atoms with Gasteiger partial charge in [0.1, 0.15) is 0 Å². The van der Waals surface area contributed by atoms with Crippen LogP contribution in [0.4, 0.5) is 0 Å². The Labute approximate surface area is 435 Å². The van der Waals surface area contributed by atoms with E-state index in [-0.39, 0.29) is 117 Å². The van der Waals surface area contributed by atoms with Crippen molar-refractivity contribution in [2.75, 3.05) is 26.4 Å². The molecule has 0 radical (unpaired) electrons. The Morgan fingerprint density at radius 2 is 0.730 bits per heavy atom. The van der Waals surface area contributed by atoms with Crippen LogP contribution in [0.25, 0.3) is 0 Å². The molecular weight excluding hydrogens is 953 g/mol. The Morgan fingerprint density at radius 3 is 1.03 bits per heavy atom. The first-order valence-corrected chi connectivity index (χ1v) is 25.4. The molecular formula is C54H78N8O12. The van der Waals surface area contributed by atoms with Crippen LogP contribution in [0.2, 0.25) is 0 Å². The first-order valence-electron chi connectivity index (χ1n) is 25.4. The van der Waals surface area contributed by atoms with Gasteiger partial charge in [0, 0.05) is 63.5 Å². The number of ether oxygens (including phenoxy) is 4. The number of rotatable bonds is 33. The molecule has 74 heavy (non-hydrogen) atoms. The first kappa shape index (κ1) is 63.0. The third-order valence-electron chi connectivity index (χ3n) is 12.2. The van der Waals surface area contributed by atoms with Crippen LogP contribution >= 0.6 is 0 Å². The summed E-state index contributed by atoms with van der Waals surface area (Å²) in [5.74, 6) is -3.72. The van der Waals surface area contributed by atoms with Gasteiger partial charge < -0.3 is 24.3 Å². The molecule has 20 heteroatoms. The minimum Gasteiger partial charge on any atom is -0.466 e. The normalized spacial score (nSPS) is 12.3. The maximum absolute atomic E-state index is 12.8. The summed E-state index contributed by atoms with van der Waals surface area (Å²) in [6.07, 6.45) is 5.44. The summed E-state index contributed by atoms with van der Waals surface area (Å²) in [7, 11) is 0. The van der Waals surface area contributed by atoms with Crippen LogP contribution in [-0.4, -0.2) is 108 Å². The molecule has 0 saturated carbocycles. The van der Waals surface area contributed by atoms with Crippen molar-refractivity contribution < 1.29 is 57.3 Å². The van der Waals surface area contributed by atoms with Gasteiger partial charge in [-0.25, -0.2) is 16.3 Å². The topological polar surface area (TPSA) is 271 Å². The molecule has 0 atom stereocenters. The maximum atomic E-state index is 12.8. The monoisotopic (exact) mass is 1030 g/mol. The molecule has 0 bridgehead atoms. The Bertz CT molecular complexity index is 2350. The molecule has 4 N–H and O–H groups in total. The third kappa shape index (κ3) is 25.5. The molecule has 2 aromatic rings. The average molecular weight is 1030 g/mol. The summed E-state index contributed by atoms with van der Waals surface area (Å²) < 4.78 is 20.9. The van der Waals surface area contributed by atoms with Crippen molar-refractivity contribution in [3.63, 3.8) is 0 Å². The van der Waals surface area contributed by atoms with Crippen LogP contribution in [0.15, 0.2) is 68.8 Å². The van der Waals surface area contributed by atoms with Gasteiger partial charge in [0.2, 0.25) is 0 Å². The van der Waals surface area contributed by atoms with E-state index in [2.05, 4.69) is 57.7 Å². The van der Waals surface area contributed by atoms with Crippen molar-refractivity contribution in [1.82, 2.24) is 21.6 Å². The van der Waals surface area contributed by atoms with Gasteiger partial charge in [-0.1, -0.05) is 39.8 Å². The van der Waals surface area contributed by atoms with Crippen molar-refractivity contribution in [3.05, 3.63) is 70.8 Å². The summed E-state index contributed by atoms with van der Waals surface area (Å²) in [6.45, 7) is 19.4. The third-order valence-corrected chi connectivity index (χ3v) is 12.2. The molecule has 2 aromatic carbocycles. The van der Waals surface area contributed by atoms with Gasteiger partial charge in [0.05, 0.1) is 57.6 Å². The van der Waals surface area contributed by atoms with Crippen LogP contribution < -0.4 is 21.6 Å². The Morgan fingerprint density at radius 1 is 0.432 bits per heavy atom. The minimum atomic E-state index is -0.587. The molecule has 0 aliphatic rings.